The second kappa shape index (κ2) is 12.9. The van der Waals surface area contributed by atoms with E-state index < -0.39 is 0 Å². The van der Waals surface area contributed by atoms with Crippen LogP contribution in [0.1, 0.15) is 21.9 Å². The molecule has 7 aromatic carbocycles. The molecule has 0 aliphatic carbocycles. The van der Waals surface area contributed by atoms with Crippen LogP contribution in [0.15, 0.2) is 186 Å². The summed E-state index contributed by atoms with van der Waals surface area (Å²) in [7, 11) is 0. The highest BCUT2D eigenvalue weighted by Crippen LogP contribution is 2.47. The SMILES string of the molecule is c1ccc(N(c2ccc(-c3ccc(C4Nc5ccccc5S4)cc3)cc2)c2ccc(-c3ccc(C4Nc5ccccc5S4)cc3)cc2)cc1. The lowest BCUT2D eigenvalue weighted by Crippen LogP contribution is -2.09. The highest BCUT2D eigenvalue weighted by atomic mass is 32.2. The summed E-state index contributed by atoms with van der Waals surface area (Å²) in [6.45, 7) is 0. The molecular weight excluding hydrogens is 635 g/mol. The molecule has 2 aliphatic heterocycles. The predicted octanol–water partition coefficient (Wildman–Crippen LogP) is 12.9. The first-order chi connectivity index (χ1) is 24.2. The van der Waals surface area contributed by atoms with Crippen molar-refractivity contribution in [3.63, 3.8) is 0 Å². The Morgan fingerprint density at radius 2 is 0.694 bits per heavy atom. The lowest BCUT2D eigenvalue weighted by atomic mass is 10.0. The third-order valence-electron chi connectivity index (χ3n) is 9.20. The van der Waals surface area contributed by atoms with Crippen LogP contribution >= 0.6 is 23.5 Å². The van der Waals surface area contributed by atoms with Gasteiger partial charge in [-0.2, -0.15) is 0 Å². The maximum absolute atomic E-state index is 3.64. The van der Waals surface area contributed by atoms with Gasteiger partial charge in [0, 0.05) is 38.2 Å². The molecule has 0 aromatic heterocycles. The highest BCUT2D eigenvalue weighted by molar-refractivity contribution is 8.00. The van der Waals surface area contributed by atoms with Crippen molar-refractivity contribution in [3.05, 3.63) is 187 Å². The number of hydrogen-bond donors (Lipinski definition) is 2. The zero-order chi connectivity index (χ0) is 32.6. The molecule has 7 aromatic rings. The smallest absolute Gasteiger partial charge is 0.103 e. The normalized spacial score (nSPS) is 15.9. The van der Waals surface area contributed by atoms with Crippen LogP contribution in [0, 0.1) is 0 Å². The predicted molar refractivity (Wildman–Crippen MR) is 209 cm³/mol. The van der Waals surface area contributed by atoms with E-state index in [1.165, 1.54) is 54.5 Å². The van der Waals surface area contributed by atoms with Crippen LogP contribution in [0.25, 0.3) is 22.3 Å². The molecule has 5 heteroatoms. The van der Waals surface area contributed by atoms with E-state index >= 15 is 0 Å². The number of hydrogen-bond acceptors (Lipinski definition) is 5. The largest absolute Gasteiger partial charge is 0.368 e. The van der Waals surface area contributed by atoms with Crippen molar-refractivity contribution in [2.24, 2.45) is 0 Å². The summed E-state index contributed by atoms with van der Waals surface area (Å²) in [6, 6.07) is 63.4. The van der Waals surface area contributed by atoms with Crippen molar-refractivity contribution in [2.45, 2.75) is 20.5 Å². The van der Waals surface area contributed by atoms with E-state index in [9.17, 15) is 0 Å². The van der Waals surface area contributed by atoms with Crippen molar-refractivity contribution < 1.29 is 0 Å². The van der Waals surface area contributed by atoms with E-state index in [0.29, 0.717) is 0 Å². The number of anilines is 5. The van der Waals surface area contributed by atoms with E-state index in [0.717, 1.165) is 17.1 Å². The summed E-state index contributed by atoms with van der Waals surface area (Å²) in [6.07, 6.45) is 0. The Morgan fingerprint density at radius 1 is 0.347 bits per heavy atom. The molecule has 0 amide bonds. The third kappa shape index (κ3) is 5.97. The summed E-state index contributed by atoms with van der Waals surface area (Å²) in [5.74, 6) is 0. The third-order valence-corrected chi connectivity index (χ3v) is 11.7. The van der Waals surface area contributed by atoms with Gasteiger partial charge in [0.05, 0.1) is 0 Å². The fourth-order valence-electron chi connectivity index (χ4n) is 6.61. The van der Waals surface area contributed by atoms with Gasteiger partial charge in [-0.3, -0.25) is 0 Å². The lowest BCUT2D eigenvalue weighted by Gasteiger charge is -2.26. The topological polar surface area (TPSA) is 27.3 Å². The molecule has 9 rings (SSSR count). The maximum atomic E-state index is 3.64. The summed E-state index contributed by atoms with van der Waals surface area (Å²) in [4.78, 5) is 4.94. The molecule has 0 spiro atoms. The monoisotopic (exact) mass is 667 g/mol. The molecule has 0 saturated carbocycles. The molecule has 2 heterocycles. The van der Waals surface area contributed by atoms with E-state index in [2.05, 4.69) is 191 Å². The van der Waals surface area contributed by atoms with Crippen molar-refractivity contribution in [2.75, 3.05) is 15.5 Å². The van der Waals surface area contributed by atoms with Crippen molar-refractivity contribution >= 4 is 52.0 Å². The number of benzene rings is 7. The summed E-state index contributed by atoms with van der Waals surface area (Å²) < 4.78 is 0. The molecule has 2 N–H and O–H groups in total. The zero-order valence-corrected chi connectivity index (χ0v) is 28.3. The minimum absolute atomic E-state index is 0.241. The molecule has 2 aliphatic rings. The van der Waals surface area contributed by atoms with Crippen LogP contribution in [-0.2, 0) is 0 Å². The molecule has 0 bridgehead atoms. The fraction of sp³-hybridized carbons (Fsp3) is 0.0455. The Morgan fingerprint density at radius 3 is 1.10 bits per heavy atom. The standard InChI is InChI=1S/C44H33N3S2/c1-2-8-36(9-3-1)47(37-26-22-32(23-27-37)30-14-18-34(19-15-30)43-45-39-10-4-6-12-41(39)48-43)38-28-24-33(25-29-38)31-16-20-35(21-17-31)44-46-40-11-5-7-13-42(40)49-44/h1-29,43-46H. The van der Waals surface area contributed by atoms with E-state index in [-0.39, 0.29) is 10.7 Å². The van der Waals surface area contributed by atoms with Crippen LogP contribution in [-0.4, -0.2) is 0 Å². The molecule has 0 radical (unpaired) electrons. The van der Waals surface area contributed by atoms with Crippen LogP contribution in [0.5, 0.6) is 0 Å². The van der Waals surface area contributed by atoms with Gasteiger partial charge in [-0.25, -0.2) is 0 Å². The number of thioether (sulfide) groups is 2. The Labute approximate surface area is 296 Å². The van der Waals surface area contributed by atoms with Crippen LogP contribution < -0.4 is 15.5 Å². The first-order valence-electron chi connectivity index (χ1n) is 16.6. The van der Waals surface area contributed by atoms with Crippen LogP contribution in [0.2, 0.25) is 0 Å². The van der Waals surface area contributed by atoms with Gasteiger partial charge in [-0.15, -0.1) is 0 Å². The number of nitrogens with zero attached hydrogens (tertiary/aromatic N) is 1. The molecular formula is C44H33N3S2. The average molecular weight is 668 g/mol. The molecule has 0 saturated heterocycles. The molecule has 3 nitrogen and oxygen atoms in total. The number of fused-ring (bicyclic) bond motifs is 2. The van der Waals surface area contributed by atoms with Gasteiger partial charge in [-0.05, 0) is 94.0 Å². The maximum Gasteiger partial charge on any atom is 0.103 e. The van der Waals surface area contributed by atoms with Crippen molar-refractivity contribution in [3.8, 4) is 22.3 Å². The summed E-state index contributed by atoms with van der Waals surface area (Å²) in [5, 5.41) is 7.77. The van der Waals surface area contributed by atoms with Gasteiger partial charge in [0.2, 0.25) is 0 Å². The van der Waals surface area contributed by atoms with E-state index in [4.69, 9.17) is 0 Å². The van der Waals surface area contributed by atoms with Gasteiger partial charge in [-0.1, -0.05) is 139 Å². The number of rotatable bonds is 7. The summed E-state index contributed by atoms with van der Waals surface area (Å²) >= 11 is 3.75. The minimum atomic E-state index is 0.241. The molecule has 2 atom stereocenters. The zero-order valence-electron chi connectivity index (χ0n) is 26.7. The molecule has 2 unspecified atom stereocenters. The Bertz CT molecular complexity index is 2020. The van der Waals surface area contributed by atoms with Gasteiger partial charge >= 0.3 is 0 Å². The minimum Gasteiger partial charge on any atom is -0.368 e. The first-order valence-corrected chi connectivity index (χ1v) is 18.3. The second-order valence-electron chi connectivity index (χ2n) is 12.3. The van der Waals surface area contributed by atoms with E-state index in [1.54, 1.807) is 0 Å². The summed E-state index contributed by atoms with van der Waals surface area (Å²) in [5.41, 5.74) is 13.2. The average Bonchev–Trinajstić information content (AvgIpc) is 3.81. The fourth-order valence-corrected chi connectivity index (χ4v) is 8.89. The van der Waals surface area contributed by atoms with Crippen LogP contribution in [0.3, 0.4) is 0 Å². The van der Waals surface area contributed by atoms with Gasteiger partial charge in [0.25, 0.3) is 0 Å². The van der Waals surface area contributed by atoms with Gasteiger partial charge in [0.1, 0.15) is 10.7 Å². The Hall–Kier alpha value is -5.36. The second-order valence-corrected chi connectivity index (χ2v) is 14.6. The first kappa shape index (κ1) is 29.8. The van der Waals surface area contributed by atoms with Gasteiger partial charge < -0.3 is 15.5 Å². The van der Waals surface area contributed by atoms with Crippen LogP contribution in [0.4, 0.5) is 28.4 Å². The van der Waals surface area contributed by atoms with Crippen molar-refractivity contribution in [1.29, 1.82) is 0 Å². The highest BCUT2D eigenvalue weighted by Gasteiger charge is 2.23. The molecule has 49 heavy (non-hydrogen) atoms. The Kier molecular flexibility index (Phi) is 7.85. The molecule has 236 valence electrons. The van der Waals surface area contributed by atoms with E-state index in [1.807, 2.05) is 23.5 Å². The number of nitrogens with one attached hydrogen (secondary N) is 2. The molecule has 0 fully saturated rings. The quantitative estimate of drug-likeness (QED) is 0.176. The number of para-hydroxylation sites is 3. The van der Waals surface area contributed by atoms with Crippen molar-refractivity contribution in [1.82, 2.24) is 0 Å². The lowest BCUT2D eigenvalue weighted by molar-refractivity contribution is 1.13. The Balaban J connectivity index is 0.931. The van der Waals surface area contributed by atoms with Gasteiger partial charge in [0.15, 0.2) is 0 Å².